The molecule has 1 aromatic carbocycles. The standard InChI is InChI=1S/C26H28N6O3/c1-15-23-21(11-26(2,3)12-22(23)33)32(30-15)18-4-5-19(24(27)34)20(10-18)29-17-13-31(14-17)25(35)16-6-8-28-9-7-16/h4-10,17,29H,11-14H2,1-3H3,(H2,27,34). The maximum atomic E-state index is 12.8. The minimum Gasteiger partial charge on any atom is -0.378 e. The molecular weight excluding hydrogens is 444 g/mol. The highest BCUT2D eigenvalue weighted by Crippen LogP contribution is 2.37. The molecule has 0 radical (unpaired) electrons. The van der Waals surface area contributed by atoms with E-state index in [1.54, 1.807) is 46.2 Å². The predicted octanol–water partition coefficient (Wildman–Crippen LogP) is 2.77. The number of anilines is 1. The first-order chi connectivity index (χ1) is 16.6. The lowest BCUT2D eigenvalue weighted by Gasteiger charge is -2.40. The molecule has 0 atom stereocenters. The van der Waals surface area contributed by atoms with Gasteiger partial charge in [0.15, 0.2) is 5.78 Å². The summed E-state index contributed by atoms with van der Waals surface area (Å²) < 4.78 is 1.81. The maximum absolute atomic E-state index is 12.8. The number of rotatable bonds is 5. The van der Waals surface area contributed by atoms with E-state index in [1.165, 1.54) is 0 Å². The van der Waals surface area contributed by atoms with Gasteiger partial charge in [-0.15, -0.1) is 0 Å². The van der Waals surface area contributed by atoms with Crippen molar-refractivity contribution in [2.24, 2.45) is 11.1 Å². The lowest BCUT2D eigenvalue weighted by Crippen LogP contribution is -2.57. The Hall–Kier alpha value is -4.01. The Morgan fingerprint density at radius 1 is 1.11 bits per heavy atom. The number of carbonyl (C=O) groups is 3. The van der Waals surface area contributed by atoms with Crippen LogP contribution in [0, 0.1) is 12.3 Å². The fourth-order valence-corrected chi connectivity index (χ4v) is 4.98. The fraction of sp³-hybridized carbons (Fsp3) is 0.346. The zero-order valence-corrected chi connectivity index (χ0v) is 20.0. The minimum absolute atomic E-state index is 0.0251. The lowest BCUT2D eigenvalue weighted by molar-refractivity contribution is 0.0624. The van der Waals surface area contributed by atoms with E-state index in [1.807, 2.05) is 13.0 Å². The van der Waals surface area contributed by atoms with E-state index in [4.69, 9.17) is 5.73 Å². The Morgan fingerprint density at radius 3 is 2.51 bits per heavy atom. The van der Waals surface area contributed by atoms with Gasteiger partial charge in [0, 0.05) is 43.2 Å². The van der Waals surface area contributed by atoms with Gasteiger partial charge in [-0.1, -0.05) is 13.8 Å². The number of primary amides is 1. The number of Topliss-reactive ketones (excluding diaryl/α,β-unsaturated/α-hetero) is 1. The molecule has 1 aliphatic carbocycles. The third kappa shape index (κ3) is 4.18. The molecule has 1 aliphatic heterocycles. The zero-order valence-electron chi connectivity index (χ0n) is 20.0. The van der Waals surface area contributed by atoms with Gasteiger partial charge in [-0.25, -0.2) is 4.68 Å². The molecule has 35 heavy (non-hydrogen) atoms. The molecule has 3 aromatic rings. The number of hydrogen-bond donors (Lipinski definition) is 2. The van der Waals surface area contributed by atoms with E-state index in [9.17, 15) is 14.4 Å². The number of likely N-dealkylation sites (tertiary alicyclic amines) is 1. The first-order valence-electron chi connectivity index (χ1n) is 11.6. The summed E-state index contributed by atoms with van der Waals surface area (Å²) in [6, 6.07) is 8.67. The fourth-order valence-electron chi connectivity index (χ4n) is 4.98. The summed E-state index contributed by atoms with van der Waals surface area (Å²) in [7, 11) is 0. The van der Waals surface area contributed by atoms with Crippen LogP contribution in [0.3, 0.4) is 0 Å². The highest BCUT2D eigenvalue weighted by atomic mass is 16.2. The predicted molar refractivity (Wildman–Crippen MR) is 131 cm³/mol. The van der Waals surface area contributed by atoms with Crippen LogP contribution in [0.4, 0.5) is 5.69 Å². The molecule has 2 aliphatic rings. The number of pyridine rings is 1. The highest BCUT2D eigenvalue weighted by molar-refractivity contribution is 6.00. The van der Waals surface area contributed by atoms with Crippen LogP contribution in [0.15, 0.2) is 42.7 Å². The van der Waals surface area contributed by atoms with Gasteiger partial charge in [0.05, 0.1) is 34.2 Å². The molecule has 0 spiro atoms. The van der Waals surface area contributed by atoms with E-state index in [0.717, 1.165) is 17.8 Å². The first-order valence-corrected chi connectivity index (χ1v) is 11.6. The Labute approximate surface area is 203 Å². The highest BCUT2D eigenvalue weighted by Gasteiger charge is 2.36. The Morgan fingerprint density at radius 2 is 1.83 bits per heavy atom. The number of nitrogens with one attached hydrogen (secondary N) is 1. The molecule has 9 heteroatoms. The van der Waals surface area contributed by atoms with Crippen molar-refractivity contribution in [3.63, 3.8) is 0 Å². The van der Waals surface area contributed by atoms with Crippen molar-refractivity contribution in [1.29, 1.82) is 0 Å². The van der Waals surface area contributed by atoms with Gasteiger partial charge in [0.1, 0.15) is 0 Å². The zero-order chi connectivity index (χ0) is 24.9. The molecule has 3 N–H and O–H groups in total. The summed E-state index contributed by atoms with van der Waals surface area (Å²) in [5.74, 6) is -0.487. The van der Waals surface area contributed by atoms with Crippen LogP contribution in [0.25, 0.3) is 5.69 Å². The van der Waals surface area contributed by atoms with Gasteiger partial charge in [0.2, 0.25) is 0 Å². The second kappa shape index (κ2) is 8.33. The van der Waals surface area contributed by atoms with Crippen LogP contribution >= 0.6 is 0 Å². The summed E-state index contributed by atoms with van der Waals surface area (Å²) in [6.45, 7) is 7.02. The number of carbonyl (C=O) groups excluding carboxylic acids is 3. The van der Waals surface area contributed by atoms with Crippen molar-refractivity contribution in [3.05, 3.63) is 70.8 Å². The Bertz CT molecular complexity index is 1340. The van der Waals surface area contributed by atoms with Crippen molar-refractivity contribution >= 4 is 23.3 Å². The van der Waals surface area contributed by atoms with Crippen molar-refractivity contribution in [2.75, 3.05) is 18.4 Å². The molecule has 3 heterocycles. The molecule has 0 bridgehead atoms. The smallest absolute Gasteiger partial charge is 0.254 e. The molecule has 1 fully saturated rings. The molecule has 9 nitrogen and oxygen atoms in total. The maximum Gasteiger partial charge on any atom is 0.254 e. The number of benzene rings is 1. The normalized spacial score (nSPS) is 17.0. The third-order valence-electron chi connectivity index (χ3n) is 6.69. The molecular formula is C26H28N6O3. The summed E-state index contributed by atoms with van der Waals surface area (Å²) in [5, 5.41) is 8.04. The van der Waals surface area contributed by atoms with Crippen LogP contribution in [-0.4, -0.2) is 56.4 Å². The number of aromatic nitrogens is 3. The van der Waals surface area contributed by atoms with Crippen molar-refractivity contribution < 1.29 is 14.4 Å². The van der Waals surface area contributed by atoms with Crippen LogP contribution in [0.2, 0.25) is 0 Å². The molecule has 5 rings (SSSR count). The summed E-state index contributed by atoms with van der Waals surface area (Å²) in [4.78, 5) is 43.2. The minimum atomic E-state index is -0.543. The first kappa shape index (κ1) is 22.8. The van der Waals surface area contributed by atoms with Crippen molar-refractivity contribution in [3.8, 4) is 5.69 Å². The van der Waals surface area contributed by atoms with Crippen molar-refractivity contribution in [2.45, 2.75) is 39.7 Å². The summed E-state index contributed by atoms with van der Waals surface area (Å²) in [5.41, 5.74) is 10.1. The monoisotopic (exact) mass is 472 g/mol. The largest absolute Gasteiger partial charge is 0.378 e. The molecule has 0 unspecified atom stereocenters. The molecule has 1 saturated heterocycles. The van der Waals surface area contributed by atoms with Crippen LogP contribution < -0.4 is 11.1 Å². The Kier molecular flexibility index (Phi) is 5.42. The molecule has 2 amide bonds. The third-order valence-corrected chi connectivity index (χ3v) is 6.69. The quantitative estimate of drug-likeness (QED) is 0.589. The molecule has 180 valence electrons. The number of amides is 2. The summed E-state index contributed by atoms with van der Waals surface area (Å²) >= 11 is 0. The van der Waals surface area contributed by atoms with Gasteiger partial charge in [-0.05, 0) is 49.1 Å². The van der Waals surface area contributed by atoms with Gasteiger partial charge in [-0.3, -0.25) is 19.4 Å². The van der Waals surface area contributed by atoms with E-state index < -0.39 is 5.91 Å². The number of fused-ring (bicyclic) bond motifs is 1. The Balaban J connectivity index is 1.41. The van der Waals surface area contributed by atoms with Crippen LogP contribution in [0.1, 0.15) is 62.7 Å². The van der Waals surface area contributed by atoms with Gasteiger partial charge in [0.25, 0.3) is 11.8 Å². The number of hydrogen-bond acceptors (Lipinski definition) is 6. The van der Waals surface area contributed by atoms with Crippen LogP contribution in [-0.2, 0) is 6.42 Å². The second-order valence-corrected chi connectivity index (χ2v) is 10.1. The van der Waals surface area contributed by atoms with E-state index in [0.29, 0.717) is 47.6 Å². The number of nitrogens with two attached hydrogens (primary N) is 1. The van der Waals surface area contributed by atoms with Crippen LogP contribution in [0.5, 0.6) is 0 Å². The number of aryl methyl sites for hydroxylation is 1. The summed E-state index contributed by atoms with van der Waals surface area (Å²) in [6.07, 6.45) is 4.41. The molecule has 2 aromatic heterocycles. The SMILES string of the molecule is Cc1nn(-c2ccc(C(N)=O)c(NC3CN(C(=O)c4ccncc4)C3)c2)c2c1C(=O)CC(C)(C)C2. The average molecular weight is 473 g/mol. The van der Waals surface area contributed by atoms with Gasteiger partial charge >= 0.3 is 0 Å². The van der Waals surface area contributed by atoms with E-state index in [-0.39, 0.29) is 23.1 Å². The van der Waals surface area contributed by atoms with Crippen molar-refractivity contribution in [1.82, 2.24) is 19.7 Å². The van der Waals surface area contributed by atoms with E-state index >= 15 is 0 Å². The second-order valence-electron chi connectivity index (χ2n) is 10.1. The lowest BCUT2D eigenvalue weighted by atomic mass is 9.75. The van der Waals surface area contributed by atoms with Gasteiger partial charge in [-0.2, -0.15) is 5.10 Å². The topological polar surface area (TPSA) is 123 Å². The van der Waals surface area contributed by atoms with Gasteiger partial charge < -0.3 is 16.0 Å². The average Bonchev–Trinajstić information content (AvgIpc) is 3.11. The van der Waals surface area contributed by atoms with E-state index in [2.05, 4.69) is 29.2 Å². The number of nitrogens with zero attached hydrogens (tertiary/aromatic N) is 4. The molecule has 0 saturated carbocycles. The number of ketones is 1.